The fourth-order valence-corrected chi connectivity index (χ4v) is 15.9. The van der Waals surface area contributed by atoms with Gasteiger partial charge in [-0.05, 0) is 98.5 Å². The number of amides is 8. The van der Waals surface area contributed by atoms with Gasteiger partial charge >= 0.3 is 18.1 Å². The van der Waals surface area contributed by atoms with Crippen molar-refractivity contribution in [3.8, 4) is 0 Å². The number of aliphatic hydroxyl groups is 1. The number of carbonyl (C=O) groups excluding carboxylic acids is 9. The number of anilines is 1. The number of hydroxylamine groups is 2. The third kappa shape index (κ3) is 19.3. The zero-order valence-corrected chi connectivity index (χ0v) is 58.2. The predicted octanol–water partition coefficient (Wildman–Crippen LogP) is 3.84. The van der Waals surface area contributed by atoms with Gasteiger partial charge in [0.1, 0.15) is 55.0 Å². The molecule has 11 saturated heterocycles. The van der Waals surface area contributed by atoms with Gasteiger partial charge in [-0.15, -0.1) is 5.06 Å². The lowest BCUT2D eigenvalue weighted by atomic mass is 9.81. The van der Waals surface area contributed by atoms with Crippen molar-refractivity contribution in [2.75, 3.05) is 51.9 Å². The minimum atomic E-state index is -1.12. The molecule has 30 heteroatoms. The van der Waals surface area contributed by atoms with E-state index in [-0.39, 0.29) is 171 Å². The second kappa shape index (κ2) is 34.4. The highest BCUT2D eigenvalue weighted by molar-refractivity contribution is 6.01. The monoisotopic (exact) mass is 1420 g/mol. The van der Waals surface area contributed by atoms with Crippen molar-refractivity contribution < 1.29 is 110 Å². The van der Waals surface area contributed by atoms with Crippen molar-refractivity contribution in [2.24, 2.45) is 23.5 Å². The van der Waals surface area contributed by atoms with Gasteiger partial charge in [0, 0.05) is 89.6 Å². The summed E-state index contributed by atoms with van der Waals surface area (Å²) in [4.78, 5) is 120. The highest BCUT2D eigenvalue weighted by atomic mass is 16.8. The number of nitrogens with zero attached hydrogens (tertiary/aromatic N) is 1. The minimum Gasteiger partial charge on any atom is -0.445 e. The predicted molar refractivity (Wildman–Crippen MR) is 354 cm³/mol. The van der Waals surface area contributed by atoms with E-state index in [9.17, 15) is 48.3 Å². The lowest BCUT2D eigenvalue weighted by molar-refractivity contribution is -0.292. The van der Waals surface area contributed by atoms with Gasteiger partial charge in [0.25, 0.3) is 11.8 Å². The molecule has 21 atom stereocenters. The van der Waals surface area contributed by atoms with Crippen LogP contribution in [0.5, 0.6) is 0 Å². The number of urea groups is 1. The van der Waals surface area contributed by atoms with Gasteiger partial charge in [0.15, 0.2) is 5.79 Å². The first-order chi connectivity index (χ1) is 48.5. The maximum absolute atomic E-state index is 14.5. The minimum absolute atomic E-state index is 0.0118. The van der Waals surface area contributed by atoms with Gasteiger partial charge in [0.2, 0.25) is 17.7 Å². The average Bonchev–Trinajstić information content (AvgIpc) is 1.55. The largest absolute Gasteiger partial charge is 0.445 e. The number of hydrogen-bond acceptors (Lipinski definition) is 23. The number of Topliss-reactive ketones (excluding diaryl/α,β-unsaturated/α-hetero) is 1. The highest BCUT2D eigenvalue weighted by Gasteiger charge is 2.69. The first kappa shape index (κ1) is 75.6. The molecule has 6 unspecified atom stereocenters. The van der Waals surface area contributed by atoms with Gasteiger partial charge < -0.3 is 99.1 Å². The summed E-state index contributed by atoms with van der Waals surface area (Å²) in [5.41, 5.74) is 8.19. The maximum atomic E-state index is 14.5. The molecule has 0 saturated carbocycles. The van der Waals surface area contributed by atoms with Crippen LogP contribution in [0.1, 0.15) is 148 Å². The molecule has 8 amide bonds. The fourth-order valence-electron chi connectivity index (χ4n) is 15.9. The number of carbonyl (C=O) groups is 9. The molecule has 11 aliphatic rings. The number of rotatable bonds is 27. The smallest absolute Gasteiger partial charge is 0.407 e. The Labute approximate surface area is 587 Å². The Morgan fingerprint density at radius 2 is 1.44 bits per heavy atom. The van der Waals surface area contributed by atoms with E-state index < -0.39 is 120 Å². The molecule has 0 aromatic heterocycles. The molecule has 11 heterocycles. The number of imide groups is 1. The molecule has 11 aliphatic heterocycles. The number of nitrogens with two attached hydrogens (primary N) is 1. The molecule has 1 spiro atoms. The van der Waals surface area contributed by atoms with Crippen LogP contribution in [0.2, 0.25) is 0 Å². The van der Waals surface area contributed by atoms with Gasteiger partial charge in [0.05, 0.1) is 100.0 Å². The number of aliphatic hydroxyl groups excluding tert-OH is 1. The Hall–Kier alpha value is -6.55. The molecule has 0 aliphatic carbocycles. The van der Waals surface area contributed by atoms with E-state index in [0.717, 1.165) is 43.3 Å². The van der Waals surface area contributed by atoms with Crippen molar-refractivity contribution in [1.29, 1.82) is 0 Å². The number of benzene rings is 1. The van der Waals surface area contributed by atoms with Crippen molar-refractivity contribution in [3.63, 3.8) is 0 Å². The van der Waals surface area contributed by atoms with Crippen molar-refractivity contribution in [3.05, 3.63) is 54.1 Å². The Bertz CT molecular complexity index is 3140. The van der Waals surface area contributed by atoms with Crippen LogP contribution in [-0.2, 0) is 102 Å². The van der Waals surface area contributed by atoms with Crippen LogP contribution in [0.15, 0.2) is 48.6 Å². The second-order valence-corrected chi connectivity index (χ2v) is 28.9. The zero-order valence-electron chi connectivity index (χ0n) is 58.2. The lowest BCUT2D eigenvalue weighted by Gasteiger charge is -2.47. The van der Waals surface area contributed by atoms with Crippen LogP contribution < -0.4 is 32.3 Å². The number of methoxy groups -OCH3 is 1. The van der Waals surface area contributed by atoms with Crippen LogP contribution in [0.4, 0.5) is 15.3 Å². The van der Waals surface area contributed by atoms with Crippen molar-refractivity contribution in [2.45, 2.75) is 265 Å². The van der Waals surface area contributed by atoms with Crippen molar-refractivity contribution >= 4 is 59.1 Å². The quantitative estimate of drug-likeness (QED) is 0.0374. The zero-order chi connectivity index (χ0) is 71.6. The Morgan fingerprint density at radius 3 is 2.18 bits per heavy atom. The molecule has 101 heavy (non-hydrogen) atoms. The molecule has 12 rings (SSSR count). The maximum Gasteiger partial charge on any atom is 0.407 e. The van der Waals surface area contributed by atoms with Crippen LogP contribution in [0, 0.1) is 17.8 Å². The highest BCUT2D eigenvalue weighted by Crippen LogP contribution is 2.55. The van der Waals surface area contributed by atoms with E-state index >= 15 is 0 Å². The fraction of sp³-hybridized carbons (Fsp3) is 0.732. The van der Waals surface area contributed by atoms with Gasteiger partial charge in [-0.25, -0.2) is 14.4 Å². The van der Waals surface area contributed by atoms with E-state index in [1.807, 2.05) is 0 Å². The molecule has 1 aromatic rings. The standard InChI is InChI=1S/C71H101N7O23/c1-37(2)60(77-56(81)20-24-90-26-27-91-25-21-59(84)101-78-57(82)17-18-58(78)83)68(86)76-49(8-7-23-73-69(72)87)67(85)75-42-11-9-41(10-12-42)36-92-70(88)74-35-44(80)32-54-61(89-6)48-31-43(79)30-46-14-16-51-62(95-46)66-65-64(97-51)63-55(98-65)34-71(99-63,100-66)22-19-47-29-39(4)50(93-47)15-13-45-28-38(3)40(5)52(94-45)33-53(48)96-54/h9-12,37-38,44-55,60-66,80H,4-5,7-8,13-36H2,1-3,6H3,(H,74,88)(H,75,85)(H,76,86)(H,77,81)(H3,72,73,87)/t38-,44+,45+,46?,47+,48+,49+,50?,51+,52?,53+,54?,55?,60+,61-,62+,63-,64?,65-,66+,71+/m1/s1. The summed E-state index contributed by atoms with van der Waals surface area (Å²) >= 11 is 0. The summed E-state index contributed by atoms with van der Waals surface area (Å²) in [6.07, 6.45) is 0.237. The first-order valence-corrected chi connectivity index (χ1v) is 36.0. The third-order valence-electron chi connectivity index (χ3n) is 21.1. The molecule has 8 N–H and O–H groups in total. The van der Waals surface area contributed by atoms with Crippen LogP contribution in [0.25, 0.3) is 0 Å². The number of alkyl carbamates (subject to hydrolysis) is 1. The summed E-state index contributed by atoms with van der Waals surface area (Å²) in [7, 11) is 1.58. The average molecular weight is 1420 g/mol. The number of primary amides is 1. The van der Waals surface area contributed by atoms with Crippen LogP contribution in [0.3, 0.4) is 0 Å². The topological polar surface area (TPSA) is 383 Å². The number of fused-ring (bicyclic) bond motifs is 6. The van der Waals surface area contributed by atoms with E-state index in [2.05, 4.69) is 46.7 Å². The lowest BCUT2D eigenvalue weighted by Crippen LogP contribution is -2.61. The Kier molecular flexibility index (Phi) is 25.7. The number of hydrogen-bond donors (Lipinski definition) is 7. The molecule has 11 fully saturated rings. The summed E-state index contributed by atoms with van der Waals surface area (Å²) < 4.78 is 77.2. The number of ether oxygens (including phenoxy) is 12. The second-order valence-electron chi connectivity index (χ2n) is 28.9. The SMILES string of the molecule is C=C1C[C@@H]2CC[C@@]34CC5O[C@@H]6C(O[C@H]7CCC(CC(=O)C[C@H]8[C@H](CC9O[C@@H](CCC1O2)C[C@@H](C)C9=C)OC(C[C@H](O)CNC(=O)OCc1ccc(NC(=O)[C@H](CCCNC(N)=O)NC(=O)[C@@H](NC(=O)CCOCCOCCC(=O)ON2C(=O)CCC2=O)C(C)C)cc1)[C@@H]8OC)O[C@@H]7[C@@H]6O3)[C@@H]5O4. The van der Waals surface area contributed by atoms with E-state index in [0.29, 0.717) is 48.4 Å². The summed E-state index contributed by atoms with van der Waals surface area (Å²) in [5.74, 6) is -5.27. The summed E-state index contributed by atoms with van der Waals surface area (Å²) in [5, 5.41) is 25.4. The Morgan fingerprint density at radius 1 is 0.733 bits per heavy atom. The van der Waals surface area contributed by atoms with Crippen LogP contribution in [-0.4, -0.2) is 226 Å². The Balaban J connectivity index is 0.647. The van der Waals surface area contributed by atoms with Crippen LogP contribution >= 0.6 is 0 Å². The molecule has 0 radical (unpaired) electrons. The van der Waals surface area contributed by atoms with Crippen molar-refractivity contribution in [1.82, 2.24) is 26.3 Å². The molecule has 1 aromatic carbocycles. The molecule has 558 valence electrons. The van der Waals surface area contributed by atoms with Gasteiger partial charge in [-0.1, -0.05) is 46.1 Å². The van der Waals surface area contributed by atoms with Gasteiger partial charge in [-0.2, -0.15) is 0 Å². The molecule has 30 nitrogen and oxygen atoms in total. The molecular weight excluding hydrogens is 1320 g/mol. The van der Waals surface area contributed by atoms with Gasteiger partial charge in [-0.3, -0.25) is 28.8 Å². The van der Waals surface area contributed by atoms with E-state index in [1.165, 1.54) is 0 Å². The summed E-state index contributed by atoms with van der Waals surface area (Å²) in [6.45, 7) is 14.4. The first-order valence-electron chi connectivity index (χ1n) is 36.0. The third-order valence-corrected chi connectivity index (χ3v) is 21.1. The molecular formula is C71H101N7O23. The number of nitrogens with one attached hydrogen (secondary N) is 5. The normalized spacial score (nSPS) is 33.8. The van der Waals surface area contributed by atoms with E-state index in [4.69, 9.17) is 67.4 Å². The van der Waals surface area contributed by atoms with E-state index in [1.54, 1.807) is 45.2 Å². The summed E-state index contributed by atoms with van der Waals surface area (Å²) in [6, 6.07) is 3.50. The number of ketones is 1. The molecule has 12 bridgehead atoms.